The van der Waals surface area contributed by atoms with Gasteiger partial charge in [-0.3, -0.25) is 0 Å². The normalized spacial score (nSPS) is 10.5. The molecule has 0 aromatic carbocycles. The Kier molecular flexibility index (Phi) is 5.30. The van der Waals surface area contributed by atoms with Crippen molar-refractivity contribution in [3.05, 3.63) is 18.7 Å². The molecule has 0 unspecified atom stereocenters. The molecule has 1 aromatic rings. The lowest BCUT2D eigenvalue weighted by molar-refractivity contribution is 0.558. The van der Waals surface area contributed by atoms with E-state index in [1.807, 2.05) is 18.7 Å². The van der Waals surface area contributed by atoms with Gasteiger partial charge < -0.3 is 4.57 Å². The lowest BCUT2D eigenvalue weighted by atomic mass is 10.1. The minimum atomic E-state index is 1.13. The molecule has 0 saturated heterocycles. The molecule has 0 radical (unpaired) electrons. The standard InChI is InChI=1S/C11H20N2/c1-2-3-4-5-6-7-9-13-10-8-12-11-13/h8,10-11H,2-7,9H2,1H3. The minimum absolute atomic E-state index is 1.13. The number of rotatable bonds is 7. The van der Waals surface area contributed by atoms with E-state index >= 15 is 0 Å². The lowest BCUT2D eigenvalue weighted by Gasteiger charge is -2.01. The highest BCUT2D eigenvalue weighted by Gasteiger charge is 1.91. The molecule has 0 bridgehead atoms. The van der Waals surface area contributed by atoms with Gasteiger partial charge in [0, 0.05) is 18.9 Å². The van der Waals surface area contributed by atoms with Gasteiger partial charge in [0.1, 0.15) is 0 Å². The quantitative estimate of drug-likeness (QED) is 0.589. The molecule has 1 aromatic heterocycles. The summed E-state index contributed by atoms with van der Waals surface area (Å²) >= 11 is 0. The van der Waals surface area contributed by atoms with E-state index in [2.05, 4.69) is 16.5 Å². The zero-order valence-corrected chi connectivity index (χ0v) is 8.58. The number of nitrogens with zero attached hydrogens (tertiary/aromatic N) is 2. The van der Waals surface area contributed by atoms with Gasteiger partial charge in [-0.25, -0.2) is 4.98 Å². The third-order valence-electron chi connectivity index (χ3n) is 2.33. The van der Waals surface area contributed by atoms with Gasteiger partial charge in [-0.1, -0.05) is 39.0 Å². The number of imidazole rings is 1. The van der Waals surface area contributed by atoms with Crippen LogP contribution in [-0.4, -0.2) is 9.55 Å². The maximum atomic E-state index is 4.01. The Morgan fingerprint density at radius 3 is 2.54 bits per heavy atom. The van der Waals surface area contributed by atoms with E-state index in [1.165, 1.54) is 38.5 Å². The van der Waals surface area contributed by atoms with Crippen LogP contribution >= 0.6 is 0 Å². The van der Waals surface area contributed by atoms with Crippen LogP contribution in [0.1, 0.15) is 45.4 Å². The summed E-state index contributed by atoms with van der Waals surface area (Å²) in [7, 11) is 0. The number of unbranched alkanes of at least 4 members (excludes halogenated alkanes) is 5. The fourth-order valence-electron chi connectivity index (χ4n) is 1.49. The van der Waals surface area contributed by atoms with E-state index in [4.69, 9.17) is 0 Å². The van der Waals surface area contributed by atoms with Crippen molar-refractivity contribution in [1.29, 1.82) is 0 Å². The van der Waals surface area contributed by atoms with Gasteiger partial charge in [-0.2, -0.15) is 0 Å². The molecular formula is C11H20N2. The second-order valence-electron chi connectivity index (χ2n) is 3.57. The third-order valence-corrected chi connectivity index (χ3v) is 2.33. The van der Waals surface area contributed by atoms with Crippen LogP contribution in [0.15, 0.2) is 18.7 Å². The van der Waals surface area contributed by atoms with Crippen molar-refractivity contribution in [2.24, 2.45) is 0 Å². The largest absolute Gasteiger partial charge is 0.337 e. The van der Waals surface area contributed by atoms with Gasteiger partial charge in [-0.05, 0) is 6.42 Å². The molecule has 0 aliphatic carbocycles. The Morgan fingerprint density at radius 2 is 1.85 bits per heavy atom. The van der Waals surface area contributed by atoms with Crippen LogP contribution in [0.4, 0.5) is 0 Å². The Hall–Kier alpha value is -0.790. The Balaban J connectivity index is 1.90. The highest BCUT2D eigenvalue weighted by atomic mass is 15.0. The molecule has 2 nitrogen and oxygen atoms in total. The molecular weight excluding hydrogens is 160 g/mol. The maximum Gasteiger partial charge on any atom is 0.0945 e. The van der Waals surface area contributed by atoms with E-state index in [0.717, 1.165) is 6.54 Å². The summed E-state index contributed by atoms with van der Waals surface area (Å²) in [6.07, 6.45) is 13.9. The molecule has 1 rings (SSSR count). The van der Waals surface area contributed by atoms with Crippen molar-refractivity contribution in [2.45, 2.75) is 52.0 Å². The summed E-state index contributed by atoms with van der Waals surface area (Å²) in [5.74, 6) is 0. The van der Waals surface area contributed by atoms with Crippen LogP contribution in [0.2, 0.25) is 0 Å². The molecule has 0 amide bonds. The molecule has 0 atom stereocenters. The van der Waals surface area contributed by atoms with E-state index in [-0.39, 0.29) is 0 Å². The van der Waals surface area contributed by atoms with Gasteiger partial charge in [0.05, 0.1) is 6.33 Å². The Labute approximate surface area is 81.0 Å². The third kappa shape index (κ3) is 4.71. The number of hydrogen-bond acceptors (Lipinski definition) is 1. The monoisotopic (exact) mass is 180 g/mol. The topological polar surface area (TPSA) is 17.8 Å². The van der Waals surface area contributed by atoms with Crippen molar-refractivity contribution in [2.75, 3.05) is 0 Å². The van der Waals surface area contributed by atoms with E-state index in [1.54, 1.807) is 0 Å². The zero-order chi connectivity index (χ0) is 9.36. The molecule has 0 aliphatic heterocycles. The summed E-state index contributed by atoms with van der Waals surface area (Å²) in [5, 5.41) is 0. The van der Waals surface area contributed by atoms with Crippen LogP contribution in [-0.2, 0) is 6.54 Å². The van der Waals surface area contributed by atoms with Gasteiger partial charge in [0.2, 0.25) is 0 Å². The first-order valence-electron chi connectivity index (χ1n) is 5.39. The van der Waals surface area contributed by atoms with Crippen LogP contribution in [0, 0.1) is 0 Å². The zero-order valence-electron chi connectivity index (χ0n) is 8.58. The van der Waals surface area contributed by atoms with Crippen LogP contribution in [0.3, 0.4) is 0 Å². The second kappa shape index (κ2) is 6.70. The van der Waals surface area contributed by atoms with Gasteiger partial charge >= 0.3 is 0 Å². The first-order valence-corrected chi connectivity index (χ1v) is 5.39. The van der Waals surface area contributed by atoms with Crippen LogP contribution in [0.25, 0.3) is 0 Å². The van der Waals surface area contributed by atoms with E-state index in [9.17, 15) is 0 Å². The first kappa shape index (κ1) is 10.3. The molecule has 0 saturated carbocycles. The Morgan fingerprint density at radius 1 is 1.08 bits per heavy atom. The Bertz CT molecular complexity index is 192. The summed E-state index contributed by atoms with van der Waals surface area (Å²) < 4.78 is 2.15. The molecule has 0 N–H and O–H groups in total. The molecule has 2 heteroatoms. The van der Waals surface area contributed by atoms with Gasteiger partial charge in [-0.15, -0.1) is 0 Å². The number of aromatic nitrogens is 2. The molecule has 0 fully saturated rings. The SMILES string of the molecule is CCCCCCCCn1ccnc1. The predicted molar refractivity (Wildman–Crippen MR) is 55.6 cm³/mol. The summed E-state index contributed by atoms with van der Waals surface area (Å²) in [6, 6.07) is 0. The molecule has 13 heavy (non-hydrogen) atoms. The van der Waals surface area contributed by atoms with Crippen molar-refractivity contribution in [1.82, 2.24) is 9.55 Å². The highest BCUT2D eigenvalue weighted by Crippen LogP contribution is 2.05. The second-order valence-corrected chi connectivity index (χ2v) is 3.57. The number of hydrogen-bond donors (Lipinski definition) is 0. The van der Waals surface area contributed by atoms with Crippen LogP contribution in [0.5, 0.6) is 0 Å². The van der Waals surface area contributed by atoms with Crippen molar-refractivity contribution in [3.8, 4) is 0 Å². The molecule has 0 aliphatic rings. The molecule has 0 spiro atoms. The fourth-order valence-corrected chi connectivity index (χ4v) is 1.49. The van der Waals surface area contributed by atoms with Gasteiger partial charge in [0.15, 0.2) is 0 Å². The summed E-state index contributed by atoms with van der Waals surface area (Å²) in [4.78, 5) is 4.01. The molecule has 1 heterocycles. The average Bonchev–Trinajstić information content (AvgIpc) is 2.63. The molecule has 74 valence electrons. The van der Waals surface area contributed by atoms with E-state index in [0.29, 0.717) is 0 Å². The van der Waals surface area contributed by atoms with Gasteiger partial charge in [0.25, 0.3) is 0 Å². The van der Waals surface area contributed by atoms with Crippen molar-refractivity contribution >= 4 is 0 Å². The smallest absolute Gasteiger partial charge is 0.0945 e. The lowest BCUT2D eigenvalue weighted by Crippen LogP contribution is -1.93. The first-order chi connectivity index (χ1) is 6.43. The average molecular weight is 180 g/mol. The minimum Gasteiger partial charge on any atom is -0.337 e. The summed E-state index contributed by atoms with van der Waals surface area (Å²) in [6.45, 7) is 3.39. The van der Waals surface area contributed by atoms with E-state index < -0.39 is 0 Å². The highest BCUT2D eigenvalue weighted by molar-refractivity contribution is 4.73. The maximum absolute atomic E-state index is 4.01. The fraction of sp³-hybridized carbons (Fsp3) is 0.727. The predicted octanol–water partition coefficient (Wildman–Crippen LogP) is 3.24. The van der Waals surface area contributed by atoms with Crippen molar-refractivity contribution < 1.29 is 0 Å². The van der Waals surface area contributed by atoms with Crippen LogP contribution < -0.4 is 0 Å². The summed E-state index contributed by atoms with van der Waals surface area (Å²) in [5.41, 5.74) is 0. The number of aryl methyl sites for hydroxylation is 1. The van der Waals surface area contributed by atoms with Crippen molar-refractivity contribution in [3.63, 3.8) is 0 Å².